The maximum absolute atomic E-state index is 12.8. The summed E-state index contributed by atoms with van der Waals surface area (Å²) in [4.78, 5) is 0. The third kappa shape index (κ3) is 3.13. The average molecular weight is 251 g/mol. The minimum Gasteiger partial charge on any atom is -0.381 e. The van der Waals surface area contributed by atoms with Gasteiger partial charge in [-0.15, -0.1) is 0 Å². The van der Waals surface area contributed by atoms with E-state index in [1.54, 1.807) is 7.11 Å². The summed E-state index contributed by atoms with van der Waals surface area (Å²) in [7, 11) is 1.65. The summed E-state index contributed by atoms with van der Waals surface area (Å²) in [5.74, 6) is -1.15. The van der Waals surface area contributed by atoms with Crippen molar-refractivity contribution in [3.05, 3.63) is 0 Å². The highest BCUT2D eigenvalue weighted by atomic mass is 19.4. The Kier molecular flexibility index (Phi) is 3.98. The molecule has 2 fully saturated rings. The van der Waals surface area contributed by atoms with Gasteiger partial charge in [-0.2, -0.15) is 13.2 Å². The fourth-order valence-electron chi connectivity index (χ4n) is 2.92. The summed E-state index contributed by atoms with van der Waals surface area (Å²) in [6.07, 6.45) is 0.413. The second-order valence-corrected chi connectivity index (χ2v) is 5.23. The Morgan fingerprint density at radius 1 is 1.12 bits per heavy atom. The van der Waals surface area contributed by atoms with Crippen molar-refractivity contribution in [3.63, 3.8) is 0 Å². The number of nitrogens with one attached hydrogen (secondary N) is 1. The molecule has 0 aromatic carbocycles. The van der Waals surface area contributed by atoms with Gasteiger partial charge in [-0.1, -0.05) is 12.8 Å². The summed E-state index contributed by atoms with van der Waals surface area (Å²) in [6, 6.07) is -0.167. The summed E-state index contributed by atoms with van der Waals surface area (Å²) < 4.78 is 43.7. The molecule has 2 atom stereocenters. The lowest BCUT2D eigenvalue weighted by Gasteiger charge is -2.41. The summed E-state index contributed by atoms with van der Waals surface area (Å²) in [5, 5.41) is 3.18. The molecule has 2 saturated carbocycles. The molecule has 2 unspecified atom stereocenters. The largest absolute Gasteiger partial charge is 0.393 e. The summed E-state index contributed by atoms with van der Waals surface area (Å²) >= 11 is 0. The minimum atomic E-state index is -4.05. The number of hydrogen-bond acceptors (Lipinski definition) is 2. The Bertz CT molecular complexity index is 251. The van der Waals surface area contributed by atoms with Crippen LogP contribution in [0.1, 0.15) is 38.5 Å². The first kappa shape index (κ1) is 13.1. The normalized spacial score (nSPS) is 38.8. The highest BCUT2D eigenvalue weighted by Gasteiger charge is 2.46. The van der Waals surface area contributed by atoms with Crippen molar-refractivity contribution >= 4 is 0 Å². The number of hydrogen-bond donors (Lipinski definition) is 1. The molecule has 2 rings (SSSR count). The van der Waals surface area contributed by atoms with Crippen LogP contribution in [0.3, 0.4) is 0 Å². The second-order valence-electron chi connectivity index (χ2n) is 5.23. The fourth-order valence-corrected chi connectivity index (χ4v) is 2.92. The van der Waals surface area contributed by atoms with Crippen LogP contribution in [0.25, 0.3) is 0 Å². The fraction of sp³-hybridized carbons (Fsp3) is 1.00. The highest BCUT2D eigenvalue weighted by Crippen LogP contribution is 2.38. The number of alkyl halides is 3. The first-order valence-corrected chi connectivity index (χ1v) is 6.36. The maximum Gasteiger partial charge on any atom is 0.393 e. The molecule has 0 saturated heterocycles. The quantitative estimate of drug-likeness (QED) is 0.832. The third-order valence-electron chi connectivity index (χ3n) is 4.06. The molecule has 0 amide bonds. The van der Waals surface area contributed by atoms with E-state index in [1.807, 2.05) is 0 Å². The topological polar surface area (TPSA) is 21.3 Å². The molecule has 2 aliphatic carbocycles. The smallest absolute Gasteiger partial charge is 0.381 e. The summed E-state index contributed by atoms with van der Waals surface area (Å²) in [6.45, 7) is 0. The van der Waals surface area contributed by atoms with Gasteiger partial charge >= 0.3 is 6.18 Å². The lowest BCUT2D eigenvalue weighted by atomic mass is 9.81. The van der Waals surface area contributed by atoms with Crippen molar-refractivity contribution in [2.24, 2.45) is 5.92 Å². The predicted octanol–water partition coefficient (Wildman–Crippen LogP) is 2.87. The molecule has 1 N–H and O–H groups in total. The Balaban J connectivity index is 1.85. The van der Waals surface area contributed by atoms with E-state index >= 15 is 0 Å². The van der Waals surface area contributed by atoms with Crippen LogP contribution in [-0.4, -0.2) is 31.5 Å². The van der Waals surface area contributed by atoms with Crippen LogP contribution in [-0.2, 0) is 4.74 Å². The molecule has 100 valence electrons. The van der Waals surface area contributed by atoms with E-state index in [1.165, 1.54) is 0 Å². The molecule has 0 aliphatic heterocycles. The molecule has 2 aliphatic rings. The second kappa shape index (κ2) is 5.14. The van der Waals surface area contributed by atoms with Crippen molar-refractivity contribution in [3.8, 4) is 0 Å². The van der Waals surface area contributed by atoms with Crippen LogP contribution in [0.2, 0.25) is 0 Å². The zero-order valence-electron chi connectivity index (χ0n) is 10.1. The SMILES string of the molecule is COC1CC(NC2CCCCC2C(F)(F)F)C1. The van der Waals surface area contributed by atoms with Crippen molar-refractivity contribution in [2.75, 3.05) is 7.11 Å². The lowest BCUT2D eigenvalue weighted by molar-refractivity contribution is -0.190. The number of halogens is 3. The van der Waals surface area contributed by atoms with Gasteiger partial charge in [0.15, 0.2) is 0 Å². The Morgan fingerprint density at radius 2 is 1.76 bits per heavy atom. The number of rotatable bonds is 3. The van der Waals surface area contributed by atoms with E-state index in [2.05, 4.69) is 5.32 Å². The third-order valence-corrected chi connectivity index (χ3v) is 4.06. The zero-order chi connectivity index (χ0) is 12.5. The van der Waals surface area contributed by atoms with Crippen LogP contribution in [0, 0.1) is 5.92 Å². The molecule has 17 heavy (non-hydrogen) atoms. The highest BCUT2D eigenvalue weighted by molar-refractivity contribution is 4.93. The first-order valence-electron chi connectivity index (χ1n) is 6.36. The van der Waals surface area contributed by atoms with E-state index in [4.69, 9.17) is 4.74 Å². The molecule has 0 spiro atoms. The molecule has 0 heterocycles. The molecule has 0 bridgehead atoms. The van der Waals surface area contributed by atoms with Gasteiger partial charge in [-0.05, 0) is 25.7 Å². The minimum absolute atomic E-state index is 0.216. The van der Waals surface area contributed by atoms with Gasteiger partial charge in [-0.3, -0.25) is 0 Å². The maximum atomic E-state index is 12.8. The van der Waals surface area contributed by atoms with Crippen LogP contribution >= 0.6 is 0 Å². The Hall–Kier alpha value is -0.290. The van der Waals surface area contributed by atoms with E-state index in [0.29, 0.717) is 12.8 Å². The van der Waals surface area contributed by atoms with Gasteiger partial charge in [0.2, 0.25) is 0 Å². The standard InChI is InChI=1S/C12H20F3NO/c1-17-9-6-8(7-9)16-11-5-3-2-4-10(11)12(13,14)15/h8-11,16H,2-7H2,1H3. The zero-order valence-corrected chi connectivity index (χ0v) is 10.1. The monoisotopic (exact) mass is 251 g/mol. The van der Waals surface area contributed by atoms with Gasteiger partial charge in [-0.25, -0.2) is 0 Å². The van der Waals surface area contributed by atoms with Crippen LogP contribution in [0.4, 0.5) is 13.2 Å². The van der Waals surface area contributed by atoms with Gasteiger partial charge < -0.3 is 10.1 Å². The predicted molar refractivity (Wildman–Crippen MR) is 58.8 cm³/mol. The van der Waals surface area contributed by atoms with Crippen LogP contribution in [0.5, 0.6) is 0 Å². The van der Waals surface area contributed by atoms with E-state index in [9.17, 15) is 13.2 Å². The molecular formula is C12H20F3NO. The molecule has 0 aromatic rings. The summed E-state index contributed by atoms with van der Waals surface area (Å²) in [5.41, 5.74) is 0. The molecule has 5 heteroatoms. The van der Waals surface area contributed by atoms with Gasteiger partial charge in [0, 0.05) is 19.2 Å². The van der Waals surface area contributed by atoms with Gasteiger partial charge in [0.05, 0.1) is 12.0 Å². The average Bonchev–Trinajstić information content (AvgIpc) is 2.22. The van der Waals surface area contributed by atoms with Crippen molar-refractivity contribution < 1.29 is 17.9 Å². The van der Waals surface area contributed by atoms with E-state index < -0.39 is 12.1 Å². The molecule has 0 radical (unpaired) electrons. The molecular weight excluding hydrogens is 231 g/mol. The van der Waals surface area contributed by atoms with Crippen molar-refractivity contribution in [1.29, 1.82) is 0 Å². The van der Waals surface area contributed by atoms with E-state index in [0.717, 1.165) is 19.3 Å². The number of methoxy groups -OCH3 is 1. The Labute approximate surface area is 99.9 Å². The molecule has 2 nitrogen and oxygen atoms in total. The first-order chi connectivity index (χ1) is 8.00. The molecule has 0 aromatic heterocycles. The number of ether oxygens (including phenoxy) is 1. The van der Waals surface area contributed by atoms with E-state index in [-0.39, 0.29) is 24.6 Å². The van der Waals surface area contributed by atoms with Crippen molar-refractivity contribution in [1.82, 2.24) is 5.32 Å². The van der Waals surface area contributed by atoms with Crippen molar-refractivity contribution in [2.45, 2.75) is 62.9 Å². The van der Waals surface area contributed by atoms with Crippen LogP contribution < -0.4 is 5.32 Å². The van der Waals surface area contributed by atoms with Gasteiger partial charge in [0.1, 0.15) is 0 Å². The lowest BCUT2D eigenvalue weighted by Crippen LogP contribution is -2.54. The van der Waals surface area contributed by atoms with Crippen LogP contribution in [0.15, 0.2) is 0 Å². The Morgan fingerprint density at radius 3 is 2.35 bits per heavy atom. The van der Waals surface area contributed by atoms with Gasteiger partial charge in [0.25, 0.3) is 0 Å².